The molecule has 1 fully saturated rings. The fourth-order valence-electron chi connectivity index (χ4n) is 4.13. The van der Waals surface area contributed by atoms with Crippen LogP contribution >= 0.6 is 0 Å². The number of aromatic nitrogens is 1. The predicted octanol–water partition coefficient (Wildman–Crippen LogP) is 5.07. The van der Waals surface area contributed by atoms with Crippen LogP contribution in [0.5, 0.6) is 5.75 Å². The number of oxazole rings is 1. The Morgan fingerprint density at radius 1 is 1.10 bits per heavy atom. The Hall–Kier alpha value is -3.08. The SMILES string of the molecule is COc1ccc(CC2CCN(C(=O)CCc3ncc(-c4ccc(C)cc4)o3)CC2)cc1. The first-order valence-corrected chi connectivity index (χ1v) is 11.0. The number of nitrogens with zero attached hydrogens (tertiary/aromatic N) is 2. The molecule has 0 spiro atoms. The van der Waals surface area contributed by atoms with Crippen LogP contribution in [0.3, 0.4) is 0 Å². The molecule has 3 aromatic rings. The number of rotatable bonds is 7. The third-order valence-electron chi connectivity index (χ3n) is 6.09. The Kier molecular flexibility index (Phi) is 6.70. The number of ether oxygens (including phenoxy) is 1. The normalized spacial score (nSPS) is 14.6. The minimum absolute atomic E-state index is 0.193. The molecule has 1 amide bonds. The monoisotopic (exact) mass is 418 g/mol. The van der Waals surface area contributed by atoms with Crippen LogP contribution < -0.4 is 4.74 Å². The number of aryl methyl sites for hydroxylation is 2. The highest BCUT2D eigenvalue weighted by Gasteiger charge is 2.23. The fourth-order valence-corrected chi connectivity index (χ4v) is 4.13. The van der Waals surface area contributed by atoms with Crippen molar-refractivity contribution in [3.05, 3.63) is 71.7 Å². The second-order valence-electron chi connectivity index (χ2n) is 8.36. The number of carbonyl (C=O) groups is 1. The van der Waals surface area contributed by atoms with E-state index in [1.54, 1.807) is 13.3 Å². The van der Waals surface area contributed by atoms with Gasteiger partial charge in [-0.15, -0.1) is 0 Å². The van der Waals surface area contributed by atoms with Crippen molar-refractivity contribution < 1.29 is 13.9 Å². The maximum Gasteiger partial charge on any atom is 0.223 e. The van der Waals surface area contributed by atoms with Crippen molar-refractivity contribution in [1.29, 1.82) is 0 Å². The molecule has 0 unspecified atom stereocenters. The molecule has 2 heterocycles. The highest BCUT2D eigenvalue weighted by Crippen LogP contribution is 2.24. The number of methoxy groups -OCH3 is 1. The van der Waals surface area contributed by atoms with Crippen molar-refractivity contribution >= 4 is 5.91 Å². The summed E-state index contributed by atoms with van der Waals surface area (Å²) in [7, 11) is 1.69. The molecule has 31 heavy (non-hydrogen) atoms. The Morgan fingerprint density at radius 2 is 1.81 bits per heavy atom. The van der Waals surface area contributed by atoms with Gasteiger partial charge >= 0.3 is 0 Å². The molecule has 4 rings (SSSR count). The van der Waals surface area contributed by atoms with Crippen LogP contribution in [0.15, 0.2) is 59.1 Å². The zero-order valence-electron chi connectivity index (χ0n) is 18.3. The van der Waals surface area contributed by atoms with Gasteiger partial charge in [0.2, 0.25) is 5.91 Å². The molecule has 1 aliphatic heterocycles. The Morgan fingerprint density at radius 3 is 2.48 bits per heavy atom. The molecule has 1 aromatic heterocycles. The summed E-state index contributed by atoms with van der Waals surface area (Å²) in [6.45, 7) is 3.73. The van der Waals surface area contributed by atoms with Gasteiger partial charge < -0.3 is 14.1 Å². The first-order chi connectivity index (χ1) is 15.1. The lowest BCUT2D eigenvalue weighted by atomic mass is 9.90. The van der Waals surface area contributed by atoms with E-state index in [-0.39, 0.29) is 5.91 Å². The van der Waals surface area contributed by atoms with Crippen molar-refractivity contribution in [2.45, 2.75) is 39.0 Å². The highest BCUT2D eigenvalue weighted by atomic mass is 16.5. The van der Waals surface area contributed by atoms with E-state index in [0.717, 1.165) is 49.4 Å². The molecule has 0 bridgehead atoms. The molecule has 2 aromatic carbocycles. The van der Waals surface area contributed by atoms with Gasteiger partial charge in [0, 0.05) is 31.5 Å². The van der Waals surface area contributed by atoms with Crippen LogP contribution in [0.2, 0.25) is 0 Å². The van der Waals surface area contributed by atoms with Gasteiger partial charge in [0.15, 0.2) is 11.7 Å². The quantitative estimate of drug-likeness (QED) is 0.537. The van der Waals surface area contributed by atoms with Gasteiger partial charge in [-0.25, -0.2) is 4.98 Å². The van der Waals surface area contributed by atoms with Gasteiger partial charge in [0.1, 0.15) is 5.75 Å². The van der Waals surface area contributed by atoms with Crippen molar-refractivity contribution in [3.63, 3.8) is 0 Å². The molecule has 5 heteroatoms. The van der Waals surface area contributed by atoms with Gasteiger partial charge in [-0.2, -0.15) is 0 Å². The van der Waals surface area contributed by atoms with Crippen molar-refractivity contribution in [2.24, 2.45) is 5.92 Å². The molecule has 1 aliphatic rings. The van der Waals surface area contributed by atoms with Gasteiger partial charge in [-0.1, -0.05) is 42.0 Å². The summed E-state index contributed by atoms with van der Waals surface area (Å²) in [5, 5.41) is 0. The van der Waals surface area contributed by atoms with Crippen LogP contribution in [0.1, 0.15) is 36.3 Å². The second kappa shape index (κ2) is 9.82. The fraction of sp³-hybridized carbons (Fsp3) is 0.385. The Labute approximate surface area is 184 Å². The molecule has 162 valence electrons. The molecular weight excluding hydrogens is 388 g/mol. The van der Waals surface area contributed by atoms with Crippen LogP contribution in [0.4, 0.5) is 0 Å². The third kappa shape index (κ3) is 5.54. The highest BCUT2D eigenvalue weighted by molar-refractivity contribution is 5.76. The van der Waals surface area contributed by atoms with Crippen LogP contribution in [0.25, 0.3) is 11.3 Å². The molecule has 0 saturated carbocycles. The molecule has 0 N–H and O–H groups in total. The molecule has 0 radical (unpaired) electrons. The zero-order chi connectivity index (χ0) is 21.6. The minimum Gasteiger partial charge on any atom is -0.497 e. The van der Waals surface area contributed by atoms with Gasteiger partial charge in [-0.3, -0.25) is 4.79 Å². The lowest BCUT2D eigenvalue weighted by molar-refractivity contribution is -0.132. The number of amides is 1. The number of hydrogen-bond acceptors (Lipinski definition) is 4. The summed E-state index contributed by atoms with van der Waals surface area (Å²) in [5.74, 6) is 3.08. The smallest absolute Gasteiger partial charge is 0.223 e. The number of carbonyl (C=O) groups excluding carboxylic acids is 1. The van der Waals surface area contributed by atoms with E-state index in [0.29, 0.717) is 24.7 Å². The first-order valence-electron chi connectivity index (χ1n) is 11.0. The van der Waals surface area contributed by atoms with E-state index < -0.39 is 0 Å². The average Bonchev–Trinajstić information content (AvgIpc) is 3.28. The van der Waals surface area contributed by atoms with Crippen LogP contribution in [0, 0.1) is 12.8 Å². The standard InChI is InChI=1S/C26H30N2O3/c1-19-3-7-22(8-4-19)24-18-27-25(31-24)11-12-26(29)28-15-13-21(14-16-28)17-20-5-9-23(30-2)10-6-20/h3-10,18,21H,11-17H2,1-2H3. The van der Waals surface area contributed by atoms with Crippen molar-refractivity contribution in [2.75, 3.05) is 20.2 Å². The molecule has 1 saturated heterocycles. The van der Waals surface area contributed by atoms with E-state index in [4.69, 9.17) is 9.15 Å². The number of hydrogen-bond donors (Lipinski definition) is 0. The van der Waals surface area contributed by atoms with Gasteiger partial charge in [-0.05, 0) is 49.8 Å². The van der Waals surface area contributed by atoms with Crippen molar-refractivity contribution in [1.82, 2.24) is 9.88 Å². The summed E-state index contributed by atoms with van der Waals surface area (Å²) in [5.41, 5.74) is 3.55. The zero-order valence-corrected chi connectivity index (χ0v) is 18.3. The largest absolute Gasteiger partial charge is 0.497 e. The topological polar surface area (TPSA) is 55.6 Å². The summed E-state index contributed by atoms with van der Waals surface area (Å²) < 4.78 is 11.1. The number of piperidine rings is 1. The summed E-state index contributed by atoms with van der Waals surface area (Å²) in [6.07, 6.45) is 5.88. The molecule has 0 aliphatic carbocycles. The van der Waals surface area contributed by atoms with Gasteiger partial charge in [0.05, 0.1) is 13.3 Å². The van der Waals surface area contributed by atoms with Crippen molar-refractivity contribution in [3.8, 4) is 17.1 Å². The van der Waals surface area contributed by atoms with Crippen LogP contribution in [-0.2, 0) is 17.6 Å². The van der Waals surface area contributed by atoms with E-state index in [1.165, 1.54) is 11.1 Å². The molecule has 0 atom stereocenters. The lowest BCUT2D eigenvalue weighted by Gasteiger charge is -2.32. The summed E-state index contributed by atoms with van der Waals surface area (Å²) in [4.78, 5) is 19.0. The number of likely N-dealkylation sites (tertiary alicyclic amines) is 1. The molecule has 5 nitrogen and oxygen atoms in total. The average molecular weight is 419 g/mol. The van der Waals surface area contributed by atoms with Crippen LogP contribution in [-0.4, -0.2) is 36.0 Å². The number of benzene rings is 2. The minimum atomic E-state index is 0.193. The molecular formula is C26H30N2O3. The summed E-state index contributed by atoms with van der Waals surface area (Å²) >= 11 is 0. The van der Waals surface area contributed by atoms with Gasteiger partial charge in [0.25, 0.3) is 0 Å². The lowest BCUT2D eigenvalue weighted by Crippen LogP contribution is -2.39. The Balaban J connectivity index is 1.22. The van der Waals surface area contributed by atoms with E-state index in [9.17, 15) is 4.79 Å². The maximum absolute atomic E-state index is 12.7. The summed E-state index contributed by atoms with van der Waals surface area (Å²) in [6, 6.07) is 16.5. The van der Waals surface area contributed by atoms with E-state index in [2.05, 4.69) is 36.2 Å². The predicted molar refractivity (Wildman–Crippen MR) is 121 cm³/mol. The maximum atomic E-state index is 12.7. The second-order valence-corrected chi connectivity index (χ2v) is 8.36. The van der Waals surface area contributed by atoms with E-state index >= 15 is 0 Å². The third-order valence-corrected chi connectivity index (χ3v) is 6.09. The first kappa shape index (κ1) is 21.2. The van der Waals surface area contributed by atoms with E-state index in [1.807, 2.05) is 29.2 Å². The Bertz CT molecular complexity index is 984.